The Kier molecular flexibility index (Phi) is 3.63. The third-order valence-corrected chi connectivity index (χ3v) is 5.47. The molecule has 0 saturated carbocycles. The smallest absolute Gasteiger partial charge is 0.0760 e. The van der Waals surface area contributed by atoms with Crippen LogP contribution in [0.5, 0.6) is 0 Å². The topological polar surface area (TPSA) is 0 Å². The molecule has 2 aromatic carbocycles. The van der Waals surface area contributed by atoms with Crippen LogP contribution in [0.25, 0.3) is 0 Å². The minimum absolute atomic E-state index is 0.414. The summed E-state index contributed by atoms with van der Waals surface area (Å²) in [7, 11) is 0. The molecule has 0 saturated heterocycles. The van der Waals surface area contributed by atoms with Gasteiger partial charge in [0.15, 0.2) is 0 Å². The molecule has 0 unspecified atom stereocenters. The Morgan fingerprint density at radius 2 is 0.826 bits per heavy atom. The Labute approximate surface area is 138 Å². The second kappa shape index (κ2) is 5.93. The van der Waals surface area contributed by atoms with Crippen LogP contribution in [0.15, 0.2) is 109 Å². The highest BCUT2D eigenvalue weighted by molar-refractivity contribution is 7.05. The molecule has 0 fully saturated rings. The number of allylic oxidation sites excluding steroid dienone is 8. The lowest BCUT2D eigenvalue weighted by molar-refractivity contribution is 1.21. The van der Waals surface area contributed by atoms with Gasteiger partial charge >= 0.3 is 0 Å². The van der Waals surface area contributed by atoms with Gasteiger partial charge in [-0.25, -0.2) is 10.9 Å². The molecule has 112 valence electrons. The standard InChI is InChI=1S/C22H20B/c1-3-11-19(12-4-1)23(21-15-7-8-16-21,22-17-9-10-18-22)20-13-5-2-6-14-20/h1-18,21-22H/q-1. The van der Waals surface area contributed by atoms with Crippen molar-refractivity contribution >= 4 is 17.1 Å². The predicted octanol–water partition coefficient (Wildman–Crippen LogP) is 4.24. The first-order valence-corrected chi connectivity index (χ1v) is 8.40. The number of hydrogen-bond acceptors (Lipinski definition) is 0. The lowest BCUT2D eigenvalue weighted by atomic mass is 9.09. The highest BCUT2D eigenvalue weighted by atomic mass is 14.2. The van der Waals surface area contributed by atoms with Crippen molar-refractivity contribution < 1.29 is 0 Å². The molecular weight excluding hydrogens is 275 g/mol. The van der Waals surface area contributed by atoms with E-state index in [2.05, 4.69) is 109 Å². The van der Waals surface area contributed by atoms with Crippen LogP contribution in [0, 0.1) is 0 Å². The van der Waals surface area contributed by atoms with E-state index < -0.39 is 6.15 Å². The zero-order valence-corrected chi connectivity index (χ0v) is 13.1. The first kappa shape index (κ1) is 14.1. The van der Waals surface area contributed by atoms with Gasteiger partial charge in [-0.2, -0.15) is 0 Å². The van der Waals surface area contributed by atoms with E-state index in [1.165, 1.54) is 10.9 Å². The van der Waals surface area contributed by atoms with Crippen LogP contribution in [0.3, 0.4) is 0 Å². The van der Waals surface area contributed by atoms with Gasteiger partial charge in [-0.1, -0.05) is 85.0 Å². The summed E-state index contributed by atoms with van der Waals surface area (Å²) in [6.07, 6.45) is 17.2. The number of hydrogen-bond donors (Lipinski definition) is 0. The van der Waals surface area contributed by atoms with Crippen molar-refractivity contribution in [3.8, 4) is 0 Å². The Bertz CT molecular complexity index is 688. The van der Waals surface area contributed by atoms with E-state index in [4.69, 9.17) is 0 Å². The van der Waals surface area contributed by atoms with Gasteiger partial charge < -0.3 is 0 Å². The SMILES string of the molecule is C1=CC([B-](c2ccccc2)(c2ccccc2)C2C=CC=C2)C=C1. The molecule has 1 heteroatoms. The molecule has 0 radical (unpaired) electrons. The maximum atomic E-state index is 2.36. The molecule has 2 aliphatic rings. The zero-order valence-electron chi connectivity index (χ0n) is 13.1. The van der Waals surface area contributed by atoms with Gasteiger partial charge in [0.1, 0.15) is 0 Å². The minimum Gasteiger partial charge on any atom is -0.203 e. The molecule has 0 N–H and O–H groups in total. The summed E-state index contributed by atoms with van der Waals surface area (Å²) < 4.78 is 0. The van der Waals surface area contributed by atoms with Gasteiger partial charge in [0.05, 0.1) is 6.15 Å². The van der Waals surface area contributed by atoms with E-state index in [1.54, 1.807) is 0 Å². The van der Waals surface area contributed by atoms with Gasteiger partial charge in [0.25, 0.3) is 0 Å². The van der Waals surface area contributed by atoms with Crippen molar-refractivity contribution in [1.29, 1.82) is 0 Å². The number of benzene rings is 2. The highest BCUT2D eigenvalue weighted by Gasteiger charge is 2.39. The van der Waals surface area contributed by atoms with Gasteiger partial charge in [-0.15, -0.1) is 35.9 Å². The summed E-state index contributed by atoms with van der Waals surface area (Å²) in [5.41, 5.74) is 2.86. The molecule has 0 bridgehead atoms. The normalized spacial score (nSPS) is 17.4. The maximum absolute atomic E-state index is 2.36. The second-order valence-electron chi connectivity index (χ2n) is 6.52. The highest BCUT2D eigenvalue weighted by Crippen LogP contribution is 2.40. The molecule has 0 amide bonds. The summed E-state index contributed by atoms with van der Waals surface area (Å²) in [5.74, 6) is 0.828. The first-order chi connectivity index (χ1) is 11.4. The van der Waals surface area contributed by atoms with Crippen LogP contribution >= 0.6 is 0 Å². The van der Waals surface area contributed by atoms with E-state index in [0.717, 1.165) is 0 Å². The zero-order chi connectivity index (χ0) is 15.5. The summed E-state index contributed by atoms with van der Waals surface area (Å²) in [5, 5.41) is 0. The molecule has 4 rings (SSSR count). The second-order valence-corrected chi connectivity index (χ2v) is 6.52. The molecule has 0 nitrogen and oxygen atoms in total. The van der Waals surface area contributed by atoms with Gasteiger partial charge in [-0.05, 0) is 0 Å². The Hall–Kier alpha value is -2.54. The van der Waals surface area contributed by atoms with E-state index in [-0.39, 0.29) is 0 Å². The largest absolute Gasteiger partial charge is 0.203 e. The predicted molar refractivity (Wildman–Crippen MR) is 102 cm³/mol. The fourth-order valence-electron chi connectivity index (χ4n) is 4.48. The Morgan fingerprint density at radius 3 is 1.17 bits per heavy atom. The molecular formula is C22H20B-. The molecule has 2 aliphatic carbocycles. The van der Waals surface area contributed by atoms with Crippen LogP contribution in [-0.2, 0) is 0 Å². The molecule has 2 aromatic rings. The van der Waals surface area contributed by atoms with Crippen molar-refractivity contribution in [3.05, 3.63) is 109 Å². The van der Waals surface area contributed by atoms with E-state index in [9.17, 15) is 0 Å². The van der Waals surface area contributed by atoms with E-state index >= 15 is 0 Å². The van der Waals surface area contributed by atoms with Crippen molar-refractivity contribution in [2.24, 2.45) is 0 Å². The minimum atomic E-state index is -0.969. The van der Waals surface area contributed by atoms with Crippen LogP contribution in [0.1, 0.15) is 0 Å². The quantitative estimate of drug-likeness (QED) is 0.740. The van der Waals surface area contributed by atoms with E-state index in [0.29, 0.717) is 11.6 Å². The monoisotopic (exact) mass is 295 g/mol. The van der Waals surface area contributed by atoms with Gasteiger partial charge in [-0.3, -0.25) is 0 Å². The van der Waals surface area contributed by atoms with Gasteiger partial charge in [0.2, 0.25) is 0 Å². The summed E-state index contributed by atoms with van der Waals surface area (Å²) >= 11 is 0. The van der Waals surface area contributed by atoms with Crippen molar-refractivity contribution in [1.82, 2.24) is 0 Å². The van der Waals surface area contributed by atoms with Crippen LogP contribution in [-0.4, -0.2) is 6.15 Å². The lowest BCUT2D eigenvalue weighted by Crippen LogP contribution is -2.63. The summed E-state index contributed by atoms with van der Waals surface area (Å²) in [6.45, 7) is 0. The molecule has 0 atom stereocenters. The average Bonchev–Trinajstić information content (AvgIpc) is 3.32. The first-order valence-electron chi connectivity index (χ1n) is 8.40. The molecule has 0 spiro atoms. The van der Waals surface area contributed by atoms with Crippen molar-refractivity contribution in [2.45, 2.75) is 11.6 Å². The molecule has 0 heterocycles. The fourth-order valence-corrected chi connectivity index (χ4v) is 4.48. The Morgan fingerprint density at radius 1 is 0.478 bits per heavy atom. The number of rotatable bonds is 4. The van der Waals surface area contributed by atoms with Crippen LogP contribution in [0.4, 0.5) is 0 Å². The molecule has 23 heavy (non-hydrogen) atoms. The molecule has 0 aliphatic heterocycles. The lowest BCUT2D eigenvalue weighted by Gasteiger charge is -2.49. The average molecular weight is 295 g/mol. The van der Waals surface area contributed by atoms with Crippen molar-refractivity contribution in [2.75, 3.05) is 0 Å². The summed E-state index contributed by atoms with van der Waals surface area (Å²) in [4.78, 5) is 0. The van der Waals surface area contributed by atoms with Crippen molar-refractivity contribution in [3.63, 3.8) is 0 Å². The third-order valence-electron chi connectivity index (χ3n) is 5.47. The van der Waals surface area contributed by atoms with E-state index in [1.807, 2.05) is 0 Å². The van der Waals surface area contributed by atoms with Crippen LogP contribution in [0.2, 0.25) is 11.6 Å². The third kappa shape index (κ3) is 2.24. The summed E-state index contributed by atoms with van der Waals surface area (Å²) in [6, 6.07) is 22.1. The Balaban J connectivity index is 2.01. The molecule has 0 aromatic heterocycles. The fraction of sp³-hybridized carbons (Fsp3) is 0.0909. The van der Waals surface area contributed by atoms with Gasteiger partial charge in [0, 0.05) is 0 Å². The maximum Gasteiger partial charge on any atom is 0.0760 e. The van der Waals surface area contributed by atoms with Crippen LogP contribution < -0.4 is 10.9 Å².